The van der Waals surface area contributed by atoms with E-state index in [1.54, 1.807) is 0 Å². The van der Waals surface area contributed by atoms with Crippen molar-refractivity contribution in [1.29, 1.82) is 0 Å². The summed E-state index contributed by atoms with van der Waals surface area (Å²) < 4.78 is 3.82. The number of hydrogen-bond acceptors (Lipinski definition) is 4. The molecule has 0 saturated carbocycles. The standard InChI is InChI=1S/C8H8N2S2/c1-6-2-3-7(11-6)4-8-5-9-10-12-8/h2-3,5H,4H2,1H3. The van der Waals surface area contributed by atoms with Crippen LogP contribution in [0.4, 0.5) is 0 Å². The van der Waals surface area contributed by atoms with Crippen molar-refractivity contribution < 1.29 is 0 Å². The minimum absolute atomic E-state index is 0.982. The third kappa shape index (κ3) is 1.70. The molecule has 0 aliphatic rings. The summed E-state index contributed by atoms with van der Waals surface area (Å²) in [6, 6.07) is 4.31. The van der Waals surface area contributed by atoms with Crippen LogP contribution < -0.4 is 0 Å². The van der Waals surface area contributed by atoms with E-state index >= 15 is 0 Å². The van der Waals surface area contributed by atoms with E-state index in [2.05, 4.69) is 28.6 Å². The summed E-state index contributed by atoms with van der Waals surface area (Å²) in [4.78, 5) is 3.98. The van der Waals surface area contributed by atoms with E-state index < -0.39 is 0 Å². The van der Waals surface area contributed by atoms with Crippen LogP contribution in [0.25, 0.3) is 0 Å². The fraction of sp³-hybridized carbons (Fsp3) is 0.250. The van der Waals surface area contributed by atoms with Gasteiger partial charge in [-0.1, -0.05) is 4.49 Å². The van der Waals surface area contributed by atoms with Gasteiger partial charge in [0.1, 0.15) is 0 Å². The number of rotatable bonds is 2. The van der Waals surface area contributed by atoms with Gasteiger partial charge >= 0.3 is 0 Å². The Kier molecular flexibility index (Phi) is 2.19. The highest BCUT2D eigenvalue weighted by Crippen LogP contribution is 2.19. The highest BCUT2D eigenvalue weighted by Gasteiger charge is 2.00. The molecular weight excluding hydrogens is 188 g/mol. The number of thiophene rings is 1. The van der Waals surface area contributed by atoms with Crippen molar-refractivity contribution in [3.8, 4) is 0 Å². The van der Waals surface area contributed by atoms with Crippen LogP contribution in [0.2, 0.25) is 0 Å². The lowest BCUT2D eigenvalue weighted by Gasteiger charge is -1.88. The van der Waals surface area contributed by atoms with E-state index in [0.717, 1.165) is 6.42 Å². The van der Waals surface area contributed by atoms with Crippen LogP contribution in [0.5, 0.6) is 0 Å². The quantitative estimate of drug-likeness (QED) is 0.737. The molecule has 0 spiro atoms. The fourth-order valence-electron chi connectivity index (χ4n) is 1.02. The zero-order chi connectivity index (χ0) is 8.39. The van der Waals surface area contributed by atoms with E-state index in [0.29, 0.717) is 0 Å². The van der Waals surface area contributed by atoms with Crippen molar-refractivity contribution in [3.63, 3.8) is 0 Å². The molecule has 0 unspecified atom stereocenters. The molecule has 62 valence electrons. The maximum absolute atomic E-state index is 3.82. The summed E-state index contributed by atoms with van der Waals surface area (Å²) in [6.07, 6.45) is 2.82. The maximum Gasteiger partial charge on any atom is 0.0656 e. The molecule has 4 heteroatoms. The molecule has 0 aliphatic carbocycles. The predicted octanol–water partition coefficient (Wildman–Crippen LogP) is 2.50. The van der Waals surface area contributed by atoms with Crippen molar-refractivity contribution in [1.82, 2.24) is 9.59 Å². The Morgan fingerprint density at radius 1 is 1.33 bits per heavy atom. The average Bonchev–Trinajstić information content (AvgIpc) is 2.63. The Morgan fingerprint density at radius 2 is 2.25 bits per heavy atom. The first kappa shape index (κ1) is 7.89. The van der Waals surface area contributed by atoms with Crippen LogP contribution in [0.15, 0.2) is 18.3 Å². The lowest BCUT2D eigenvalue weighted by molar-refractivity contribution is 1.14. The molecule has 0 saturated heterocycles. The molecule has 0 N–H and O–H groups in total. The molecule has 2 nitrogen and oxygen atoms in total. The van der Waals surface area contributed by atoms with E-state index in [4.69, 9.17) is 0 Å². The van der Waals surface area contributed by atoms with Gasteiger partial charge in [-0.2, -0.15) is 0 Å². The third-order valence-electron chi connectivity index (χ3n) is 1.55. The Morgan fingerprint density at radius 3 is 2.83 bits per heavy atom. The normalized spacial score (nSPS) is 10.4. The fourth-order valence-corrected chi connectivity index (χ4v) is 2.54. The SMILES string of the molecule is Cc1ccc(Cc2cnns2)s1. The van der Waals surface area contributed by atoms with Crippen LogP contribution in [-0.2, 0) is 6.42 Å². The number of aromatic nitrogens is 2. The first-order chi connectivity index (χ1) is 5.84. The van der Waals surface area contributed by atoms with Gasteiger partial charge in [0.15, 0.2) is 0 Å². The molecule has 2 aromatic heterocycles. The smallest absolute Gasteiger partial charge is 0.0656 e. The average molecular weight is 196 g/mol. The van der Waals surface area contributed by atoms with Gasteiger partial charge in [0, 0.05) is 16.2 Å². The van der Waals surface area contributed by atoms with Gasteiger partial charge in [0.2, 0.25) is 0 Å². The van der Waals surface area contributed by atoms with Gasteiger partial charge in [-0.05, 0) is 30.6 Å². The molecule has 0 fully saturated rings. The summed E-state index contributed by atoms with van der Waals surface area (Å²) in [5.41, 5.74) is 0. The van der Waals surface area contributed by atoms with Gasteiger partial charge in [0.05, 0.1) is 11.1 Å². The van der Waals surface area contributed by atoms with Crippen LogP contribution in [-0.4, -0.2) is 9.59 Å². The van der Waals surface area contributed by atoms with Crippen molar-refractivity contribution in [3.05, 3.63) is 33.0 Å². The van der Waals surface area contributed by atoms with Gasteiger partial charge in [-0.15, -0.1) is 16.4 Å². The molecule has 0 radical (unpaired) electrons. The summed E-state index contributed by atoms with van der Waals surface area (Å²) >= 11 is 3.31. The summed E-state index contributed by atoms with van der Waals surface area (Å²) in [6.45, 7) is 2.12. The second-order valence-electron chi connectivity index (χ2n) is 2.57. The van der Waals surface area contributed by atoms with Gasteiger partial charge < -0.3 is 0 Å². The second-order valence-corrected chi connectivity index (χ2v) is 4.82. The largest absolute Gasteiger partial charge is 0.146 e. The molecule has 2 aromatic rings. The number of nitrogens with zero attached hydrogens (tertiary/aromatic N) is 2. The summed E-state index contributed by atoms with van der Waals surface area (Å²) in [5, 5.41) is 3.80. The Bertz CT molecular complexity index is 351. The molecular formula is C8H8N2S2. The van der Waals surface area contributed by atoms with Crippen molar-refractivity contribution in [2.75, 3.05) is 0 Å². The topological polar surface area (TPSA) is 25.8 Å². The van der Waals surface area contributed by atoms with Crippen molar-refractivity contribution in [2.24, 2.45) is 0 Å². The first-order valence-corrected chi connectivity index (χ1v) is 5.25. The minimum Gasteiger partial charge on any atom is -0.146 e. The van der Waals surface area contributed by atoms with Crippen LogP contribution in [0.1, 0.15) is 14.6 Å². The number of aryl methyl sites for hydroxylation is 1. The van der Waals surface area contributed by atoms with E-state index in [1.165, 1.54) is 26.2 Å². The van der Waals surface area contributed by atoms with Crippen molar-refractivity contribution in [2.45, 2.75) is 13.3 Å². The van der Waals surface area contributed by atoms with E-state index in [1.807, 2.05) is 17.5 Å². The second kappa shape index (κ2) is 3.33. The molecule has 0 aromatic carbocycles. The minimum atomic E-state index is 0.982. The van der Waals surface area contributed by atoms with E-state index in [-0.39, 0.29) is 0 Å². The van der Waals surface area contributed by atoms with E-state index in [9.17, 15) is 0 Å². The van der Waals surface area contributed by atoms with Crippen LogP contribution >= 0.6 is 22.9 Å². The summed E-state index contributed by atoms with van der Waals surface area (Å²) in [5.74, 6) is 0. The Hall–Kier alpha value is -0.740. The molecule has 0 amide bonds. The van der Waals surface area contributed by atoms with Crippen LogP contribution in [0.3, 0.4) is 0 Å². The zero-order valence-electron chi connectivity index (χ0n) is 6.65. The molecule has 2 rings (SSSR count). The Labute approximate surface area is 79.0 Å². The zero-order valence-corrected chi connectivity index (χ0v) is 8.28. The highest BCUT2D eigenvalue weighted by molar-refractivity contribution is 7.12. The Balaban J connectivity index is 2.14. The van der Waals surface area contributed by atoms with Gasteiger partial charge in [0.25, 0.3) is 0 Å². The molecule has 2 heterocycles. The molecule has 12 heavy (non-hydrogen) atoms. The lowest BCUT2D eigenvalue weighted by atomic mass is 10.3. The third-order valence-corrected chi connectivity index (χ3v) is 3.21. The first-order valence-electron chi connectivity index (χ1n) is 3.66. The lowest BCUT2D eigenvalue weighted by Crippen LogP contribution is -1.76. The number of hydrogen-bond donors (Lipinski definition) is 0. The summed E-state index contributed by atoms with van der Waals surface area (Å²) in [7, 11) is 0. The maximum atomic E-state index is 3.82. The van der Waals surface area contributed by atoms with Gasteiger partial charge in [-0.3, -0.25) is 0 Å². The molecule has 0 bridgehead atoms. The molecule has 0 atom stereocenters. The highest BCUT2D eigenvalue weighted by atomic mass is 32.1. The predicted molar refractivity (Wildman–Crippen MR) is 51.8 cm³/mol. The molecule has 0 aliphatic heterocycles. The van der Waals surface area contributed by atoms with Crippen LogP contribution in [0, 0.1) is 6.92 Å². The van der Waals surface area contributed by atoms with Crippen molar-refractivity contribution >= 4 is 22.9 Å². The van der Waals surface area contributed by atoms with Gasteiger partial charge in [-0.25, -0.2) is 0 Å². The monoisotopic (exact) mass is 196 g/mol.